The first-order valence-corrected chi connectivity index (χ1v) is 4.63. The molecule has 2 heterocycles. The van der Waals surface area contributed by atoms with E-state index >= 15 is 0 Å². The van der Waals surface area contributed by atoms with Crippen molar-refractivity contribution < 1.29 is 23.8 Å². The maximum Gasteiger partial charge on any atom is 0.357 e. The van der Waals surface area contributed by atoms with E-state index in [1.165, 1.54) is 6.26 Å². The molecule has 90 valence electrons. The summed E-state index contributed by atoms with van der Waals surface area (Å²) in [5.74, 6) is -1.06. The van der Waals surface area contributed by atoms with Crippen LogP contribution < -0.4 is 5.73 Å². The molecule has 17 heavy (non-hydrogen) atoms. The van der Waals surface area contributed by atoms with Crippen molar-refractivity contribution >= 4 is 5.97 Å². The minimum absolute atomic E-state index is 0.0162. The first-order valence-electron chi connectivity index (χ1n) is 4.63. The SMILES string of the molecule is NC(CO)c1nc(-c2nc(C(=O)O)co2)co1. The Labute approximate surface area is 94.7 Å². The topological polar surface area (TPSA) is 136 Å². The van der Waals surface area contributed by atoms with Crippen molar-refractivity contribution in [1.29, 1.82) is 0 Å². The Hall–Kier alpha value is -2.19. The zero-order valence-corrected chi connectivity index (χ0v) is 8.53. The quantitative estimate of drug-likeness (QED) is 0.679. The molecule has 2 aromatic heterocycles. The van der Waals surface area contributed by atoms with Gasteiger partial charge in [0.15, 0.2) is 11.4 Å². The molecule has 0 aliphatic carbocycles. The number of oxazole rings is 2. The van der Waals surface area contributed by atoms with Crippen molar-refractivity contribution in [2.45, 2.75) is 6.04 Å². The molecular weight excluding hydrogens is 230 g/mol. The van der Waals surface area contributed by atoms with Crippen LogP contribution in [0.3, 0.4) is 0 Å². The Morgan fingerprint density at radius 1 is 1.41 bits per heavy atom. The highest BCUT2D eigenvalue weighted by molar-refractivity contribution is 5.85. The van der Waals surface area contributed by atoms with Crippen LogP contribution in [0.4, 0.5) is 0 Å². The first kappa shape index (κ1) is 11.3. The molecular formula is C9H9N3O5. The van der Waals surface area contributed by atoms with Gasteiger partial charge in [-0.15, -0.1) is 0 Å². The van der Waals surface area contributed by atoms with E-state index in [9.17, 15) is 4.79 Å². The molecule has 2 aromatic rings. The molecule has 4 N–H and O–H groups in total. The van der Waals surface area contributed by atoms with Gasteiger partial charge in [0.05, 0.1) is 6.61 Å². The van der Waals surface area contributed by atoms with Gasteiger partial charge in [-0.2, -0.15) is 0 Å². The summed E-state index contributed by atoms with van der Waals surface area (Å²) >= 11 is 0. The number of carboxylic acid groups (broad SMARTS) is 1. The van der Waals surface area contributed by atoms with E-state index in [4.69, 9.17) is 24.8 Å². The number of nitrogens with zero attached hydrogens (tertiary/aromatic N) is 2. The molecule has 0 aliphatic rings. The summed E-state index contributed by atoms with van der Waals surface area (Å²) in [5, 5.41) is 17.5. The van der Waals surface area contributed by atoms with Crippen LogP contribution in [0.15, 0.2) is 21.4 Å². The van der Waals surface area contributed by atoms with E-state index in [1.54, 1.807) is 0 Å². The van der Waals surface area contributed by atoms with Crippen LogP contribution >= 0.6 is 0 Å². The number of aromatic carboxylic acids is 1. The maximum absolute atomic E-state index is 10.6. The van der Waals surface area contributed by atoms with E-state index < -0.39 is 12.0 Å². The molecule has 0 radical (unpaired) electrons. The number of rotatable bonds is 4. The normalized spacial score (nSPS) is 12.6. The lowest BCUT2D eigenvalue weighted by Gasteiger charge is -1.99. The Morgan fingerprint density at radius 2 is 2.18 bits per heavy atom. The number of carboxylic acids is 1. The average molecular weight is 239 g/mol. The number of aromatic nitrogens is 2. The van der Waals surface area contributed by atoms with E-state index in [1.807, 2.05) is 0 Å². The fraction of sp³-hybridized carbons (Fsp3) is 0.222. The first-order chi connectivity index (χ1) is 8.11. The highest BCUT2D eigenvalue weighted by Crippen LogP contribution is 2.20. The standard InChI is InChI=1S/C9H9N3O5/c10-4(1-13)7-11-5(2-16-7)8-12-6(3-17-8)9(14)15/h2-4,13H,1,10H2,(H,14,15). The van der Waals surface area contributed by atoms with Gasteiger partial charge >= 0.3 is 5.97 Å². The van der Waals surface area contributed by atoms with E-state index in [0.717, 1.165) is 6.26 Å². The van der Waals surface area contributed by atoms with Crippen LogP contribution in [0.25, 0.3) is 11.6 Å². The molecule has 0 aromatic carbocycles. The smallest absolute Gasteiger partial charge is 0.357 e. The summed E-state index contributed by atoms with van der Waals surface area (Å²) in [5.41, 5.74) is 5.48. The minimum Gasteiger partial charge on any atom is -0.476 e. The Bertz CT molecular complexity index is 532. The predicted molar refractivity (Wildman–Crippen MR) is 53.0 cm³/mol. The zero-order chi connectivity index (χ0) is 12.4. The van der Waals surface area contributed by atoms with Gasteiger partial charge in [0.2, 0.25) is 11.8 Å². The van der Waals surface area contributed by atoms with E-state index in [2.05, 4.69) is 9.97 Å². The highest BCUT2D eigenvalue weighted by atomic mass is 16.4. The van der Waals surface area contributed by atoms with Crippen molar-refractivity contribution in [1.82, 2.24) is 9.97 Å². The molecule has 0 aliphatic heterocycles. The molecule has 0 fully saturated rings. The van der Waals surface area contributed by atoms with Crippen molar-refractivity contribution in [2.75, 3.05) is 6.61 Å². The van der Waals surface area contributed by atoms with Crippen molar-refractivity contribution in [3.63, 3.8) is 0 Å². The second kappa shape index (κ2) is 4.36. The summed E-state index contributed by atoms with van der Waals surface area (Å²) in [6.07, 6.45) is 2.22. The number of hydrogen-bond acceptors (Lipinski definition) is 7. The van der Waals surface area contributed by atoms with E-state index in [0.29, 0.717) is 0 Å². The van der Waals surface area contributed by atoms with Crippen molar-refractivity contribution in [3.8, 4) is 11.6 Å². The van der Waals surface area contributed by atoms with E-state index in [-0.39, 0.29) is 29.8 Å². The second-order valence-corrected chi connectivity index (χ2v) is 3.20. The molecule has 1 atom stereocenters. The largest absolute Gasteiger partial charge is 0.476 e. The lowest BCUT2D eigenvalue weighted by molar-refractivity contribution is 0.0690. The second-order valence-electron chi connectivity index (χ2n) is 3.20. The Morgan fingerprint density at radius 3 is 2.76 bits per heavy atom. The van der Waals surface area contributed by atoms with Crippen molar-refractivity contribution in [3.05, 3.63) is 24.1 Å². The maximum atomic E-state index is 10.6. The minimum atomic E-state index is -1.20. The average Bonchev–Trinajstić information content (AvgIpc) is 2.95. The van der Waals surface area contributed by atoms with Crippen LogP contribution in [0, 0.1) is 0 Å². The lowest BCUT2D eigenvalue weighted by Crippen LogP contribution is -2.14. The van der Waals surface area contributed by atoms with Crippen LogP contribution in [0.1, 0.15) is 22.4 Å². The van der Waals surface area contributed by atoms with Crippen LogP contribution in [0.5, 0.6) is 0 Å². The van der Waals surface area contributed by atoms with Gasteiger partial charge < -0.3 is 24.8 Å². The zero-order valence-electron chi connectivity index (χ0n) is 8.53. The fourth-order valence-electron chi connectivity index (χ4n) is 1.12. The highest BCUT2D eigenvalue weighted by Gasteiger charge is 2.17. The third-order valence-corrected chi connectivity index (χ3v) is 1.98. The number of carbonyl (C=O) groups is 1. The summed E-state index contributed by atoms with van der Waals surface area (Å²) in [7, 11) is 0. The number of hydrogen-bond donors (Lipinski definition) is 3. The molecule has 0 amide bonds. The monoisotopic (exact) mass is 239 g/mol. The molecule has 0 saturated heterocycles. The Balaban J connectivity index is 2.27. The van der Waals surface area contributed by atoms with Crippen LogP contribution in [-0.2, 0) is 0 Å². The molecule has 0 spiro atoms. The van der Waals surface area contributed by atoms with Gasteiger partial charge in [0.25, 0.3) is 0 Å². The van der Waals surface area contributed by atoms with Crippen molar-refractivity contribution in [2.24, 2.45) is 5.73 Å². The van der Waals surface area contributed by atoms with Gasteiger partial charge in [-0.3, -0.25) is 0 Å². The summed E-state index contributed by atoms with van der Waals surface area (Å²) < 4.78 is 9.92. The van der Waals surface area contributed by atoms with Gasteiger partial charge in [-0.1, -0.05) is 0 Å². The summed E-state index contributed by atoms with van der Waals surface area (Å²) in [6.45, 7) is -0.314. The van der Waals surface area contributed by atoms with Crippen LogP contribution in [0.2, 0.25) is 0 Å². The third-order valence-electron chi connectivity index (χ3n) is 1.98. The van der Waals surface area contributed by atoms with Gasteiger partial charge in [-0.05, 0) is 0 Å². The molecule has 2 rings (SSSR count). The van der Waals surface area contributed by atoms with Crippen LogP contribution in [-0.4, -0.2) is 32.8 Å². The number of nitrogens with two attached hydrogens (primary N) is 1. The van der Waals surface area contributed by atoms with Gasteiger partial charge in [0.1, 0.15) is 18.6 Å². The molecule has 1 unspecified atom stereocenters. The van der Waals surface area contributed by atoms with Gasteiger partial charge in [-0.25, -0.2) is 14.8 Å². The molecule has 8 heteroatoms. The summed E-state index contributed by atoms with van der Waals surface area (Å²) in [4.78, 5) is 18.2. The third kappa shape index (κ3) is 2.17. The molecule has 8 nitrogen and oxygen atoms in total. The Kier molecular flexibility index (Phi) is 2.90. The predicted octanol–water partition coefficient (Wildman–Crippen LogP) is 0.0199. The fourth-order valence-corrected chi connectivity index (χ4v) is 1.12. The number of aliphatic hydroxyl groups excluding tert-OH is 1. The summed E-state index contributed by atoms with van der Waals surface area (Å²) in [6, 6.07) is -0.738. The molecule has 0 saturated carbocycles. The lowest BCUT2D eigenvalue weighted by atomic mass is 10.3. The van der Waals surface area contributed by atoms with Gasteiger partial charge in [0, 0.05) is 0 Å². The number of aliphatic hydroxyl groups is 1. The molecule has 0 bridgehead atoms.